The summed E-state index contributed by atoms with van der Waals surface area (Å²) in [5.74, 6) is 0.616. The molecule has 0 fully saturated rings. The molecule has 2 amide bonds. The molecule has 0 saturated heterocycles. The second-order valence-corrected chi connectivity index (χ2v) is 4.15. The lowest BCUT2D eigenvalue weighted by Crippen LogP contribution is -2.43. The molecule has 0 aliphatic rings. The van der Waals surface area contributed by atoms with Crippen molar-refractivity contribution < 1.29 is 9.59 Å². The number of nitrogens with one attached hydrogen (secondary N) is 2. The van der Waals surface area contributed by atoms with E-state index in [1.54, 1.807) is 11.8 Å². The Balaban J connectivity index is 3.51. The van der Waals surface area contributed by atoms with Gasteiger partial charge in [0.1, 0.15) is 0 Å². The summed E-state index contributed by atoms with van der Waals surface area (Å²) in [6.45, 7) is 2.30. The molecule has 0 heterocycles. The fraction of sp³-hybridized carbons (Fsp3) is 0.778. The minimum Gasteiger partial charge on any atom is -0.355 e. The Bertz CT molecular complexity index is 212. The van der Waals surface area contributed by atoms with Crippen LogP contribution in [0, 0.1) is 0 Å². The van der Waals surface area contributed by atoms with Gasteiger partial charge in [0.15, 0.2) is 0 Å². The van der Waals surface area contributed by atoms with Gasteiger partial charge >= 0.3 is 0 Å². The molecule has 15 heavy (non-hydrogen) atoms. The number of nitrogens with two attached hydrogens (primary N) is 1. The van der Waals surface area contributed by atoms with Crippen molar-refractivity contribution in [2.75, 3.05) is 25.1 Å². The van der Waals surface area contributed by atoms with Crippen molar-refractivity contribution >= 4 is 23.6 Å². The maximum Gasteiger partial charge on any atom is 0.237 e. The largest absolute Gasteiger partial charge is 0.355 e. The molecule has 0 aromatic heterocycles. The second-order valence-electron chi connectivity index (χ2n) is 3.16. The monoisotopic (exact) mass is 233 g/mol. The van der Waals surface area contributed by atoms with E-state index in [1.165, 1.54) is 6.92 Å². The van der Waals surface area contributed by atoms with Crippen molar-refractivity contribution in [2.24, 2.45) is 5.73 Å². The first-order valence-electron chi connectivity index (χ1n) is 4.84. The Labute approximate surface area is 94.5 Å². The first kappa shape index (κ1) is 14.2. The Kier molecular flexibility index (Phi) is 8.12. The van der Waals surface area contributed by atoms with Crippen LogP contribution in [0.15, 0.2) is 0 Å². The lowest BCUT2D eigenvalue weighted by Gasteiger charge is -2.11. The van der Waals surface area contributed by atoms with Gasteiger partial charge in [-0.15, -0.1) is 0 Å². The summed E-state index contributed by atoms with van der Waals surface area (Å²) < 4.78 is 0. The predicted octanol–water partition coefficient (Wildman–Crippen LogP) is -0.681. The summed E-state index contributed by atoms with van der Waals surface area (Å²) in [6, 6.07) is -0.449. The van der Waals surface area contributed by atoms with Crippen molar-refractivity contribution in [1.29, 1.82) is 0 Å². The highest BCUT2D eigenvalue weighted by molar-refractivity contribution is 7.98. The molecule has 0 saturated carbocycles. The maximum absolute atomic E-state index is 11.3. The van der Waals surface area contributed by atoms with Gasteiger partial charge in [0.25, 0.3) is 0 Å². The highest BCUT2D eigenvalue weighted by atomic mass is 32.2. The summed E-state index contributed by atoms with van der Waals surface area (Å²) in [5, 5.41) is 5.24. The van der Waals surface area contributed by atoms with Crippen molar-refractivity contribution in [3.05, 3.63) is 0 Å². The topological polar surface area (TPSA) is 84.2 Å². The number of hydrogen-bond donors (Lipinski definition) is 3. The summed E-state index contributed by atoms with van der Waals surface area (Å²) >= 11 is 1.66. The van der Waals surface area contributed by atoms with E-state index >= 15 is 0 Å². The van der Waals surface area contributed by atoms with Gasteiger partial charge in [-0.05, 0) is 18.4 Å². The van der Waals surface area contributed by atoms with E-state index in [0.717, 1.165) is 5.75 Å². The van der Waals surface area contributed by atoms with Gasteiger partial charge in [-0.2, -0.15) is 11.8 Å². The van der Waals surface area contributed by atoms with Crippen LogP contribution in [0.4, 0.5) is 0 Å². The third kappa shape index (κ3) is 8.26. The summed E-state index contributed by atoms with van der Waals surface area (Å²) in [4.78, 5) is 21.8. The molecule has 0 aliphatic carbocycles. The minimum absolute atomic E-state index is 0.101. The molecule has 1 atom stereocenters. The van der Waals surface area contributed by atoms with E-state index in [9.17, 15) is 9.59 Å². The molecule has 0 unspecified atom stereocenters. The molecule has 0 bridgehead atoms. The molecule has 88 valence electrons. The van der Waals surface area contributed by atoms with Crippen LogP contribution in [0.5, 0.6) is 0 Å². The van der Waals surface area contributed by atoms with Gasteiger partial charge in [0, 0.05) is 20.0 Å². The van der Waals surface area contributed by atoms with Crippen LogP contribution in [0.25, 0.3) is 0 Å². The van der Waals surface area contributed by atoms with Crippen molar-refractivity contribution in [3.63, 3.8) is 0 Å². The zero-order valence-electron chi connectivity index (χ0n) is 9.21. The Hall–Kier alpha value is -0.750. The lowest BCUT2D eigenvalue weighted by atomic mass is 10.2. The van der Waals surface area contributed by atoms with Gasteiger partial charge in [0.2, 0.25) is 11.8 Å². The molecule has 0 aromatic rings. The van der Waals surface area contributed by atoms with E-state index in [4.69, 9.17) is 5.73 Å². The SMILES string of the molecule is CSCC[C@H](N)C(=O)NCCNC(C)=O. The fourth-order valence-electron chi connectivity index (χ4n) is 0.931. The lowest BCUT2D eigenvalue weighted by molar-refractivity contribution is -0.123. The predicted molar refractivity (Wildman–Crippen MR) is 62.7 cm³/mol. The second kappa shape index (κ2) is 8.55. The normalized spacial score (nSPS) is 11.9. The third-order valence-electron chi connectivity index (χ3n) is 1.77. The number of amides is 2. The summed E-state index contributed by atoms with van der Waals surface area (Å²) in [6.07, 6.45) is 2.65. The Morgan fingerprint density at radius 2 is 1.93 bits per heavy atom. The molecule has 0 aliphatic heterocycles. The highest BCUT2D eigenvalue weighted by Crippen LogP contribution is 1.98. The smallest absolute Gasteiger partial charge is 0.237 e. The van der Waals surface area contributed by atoms with E-state index in [-0.39, 0.29) is 11.8 Å². The number of rotatable bonds is 7. The van der Waals surface area contributed by atoms with E-state index < -0.39 is 6.04 Å². The third-order valence-corrected chi connectivity index (χ3v) is 2.41. The average molecular weight is 233 g/mol. The van der Waals surface area contributed by atoms with E-state index in [0.29, 0.717) is 19.5 Å². The molecule has 0 radical (unpaired) electrons. The van der Waals surface area contributed by atoms with E-state index in [1.807, 2.05) is 6.26 Å². The van der Waals surface area contributed by atoms with Crippen molar-refractivity contribution in [1.82, 2.24) is 10.6 Å². The van der Waals surface area contributed by atoms with Crippen LogP contribution in [0.1, 0.15) is 13.3 Å². The molecule has 0 spiro atoms. The van der Waals surface area contributed by atoms with Gasteiger partial charge in [0.05, 0.1) is 6.04 Å². The average Bonchev–Trinajstić information content (AvgIpc) is 2.20. The molecule has 0 rings (SSSR count). The zero-order valence-corrected chi connectivity index (χ0v) is 10.0. The van der Waals surface area contributed by atoms with Crippen molar-refractivity contribution in [2.45, 2.75) is 19.4 Å². The molecule has 4 N–H and O–H groups in total. The highest BCUT2D eigenvalue weighted by Gasteiger charge is 2.11. The van der Waals surface area contributed by atoms with Crippen LogP contribution in [0.3, 0.4) is 0 Å². The summed E-state index contributed by atoms with van der Waals surface area (Å²) in [7, 11) is 0. The van der Waals surface area contributed by atoms with Crippen LogP contribution < -0.4 is 16.4 Å². The molecule has 0 aromatic carbocycles. The van der Waals surface area contributed by atoms with E-state index in [2.05, 4.69) is 10.6 Å². The first-order valence-corrected chi connectivity index (χ1v) is 6.24. The molecular formula is C9H19N3O2S. The quantitative estimate of drug-likeness (QED) is 0.509. The van der Waals surface area contributed by atoms with Crippen LogP contribution in [-0.4, -0.2) is 43.0 Å². The number of thioether (sulfide) groups is 1. The van der Waals surface area contributed by atoms with Crippen LogP contribution in [-0.2, 0) is 9.59 Å². The van der Waals surface area contributed by atoms with Gasteiger partial charge in [-0.1, -0.05) is 0 Å². The number of hydrogen-bond acceptors (Lipinski definition) is 4. The van der Waals surface area contributed by atoms with Crippen LogP contribution in [0.2, 0.25) is 0 Å². The maximum atomic E-state index is 11.3. The van der Waals surface area contributed by atoms with Gasteiger partial charge < -0.3 is 16.4 Å². The fourth-order valence-corrected chi connectivity index (χ4v) is 1.42. The number of carbonyl (C=O) groups is 2. The van der Waals surface area contributed by atoms with Crippen molar-refractivity contribution in [3.8, 4) is 0 Å². The standard InChI is InChI=1S/C9H19N3O2S/c1-7(13)11-4-5-12-9(14)8(10)3-6-15-2/h8H,3-6,10H2,1-2H3,(H,11,13)(H,12,14)/t8-/m0/s1. The molecule has 5 nitrogen and oxygen atoms in total. The summed E-state index contributed by atoms with van der Waals surface area (Å²) in [5.41, 5.74) is 5.63. The van der Waals surface area contributed by atoms with Crippen LogP contribution >= 0.6 is 11.8 Å². The molecule has 6 heteroatoms. The molecular weight excluding hydrogens is 214 g/mol. The Morgan fingerprint density at radius 1 is 1.33 bits per heavy atom. The van der Waals surface area contributed by atoms with Gasteiger partial charge in [-0.3, -0.25) is 9.59 Å². The number of carbonyl (C=O) groups excluding carboxylic acids is 2. The van der Waals surface area contributed by atoms with Gasteiger partial charge in [-0.25, -0.2) is 0 Å². The zero-order chi connectivity index (χ0) is 11.7. The Morgan fingerprint density at radius 3 is 2.47 bits per heavy atom. The minimum atomic E-state index is -0.449. The first-order chi connectivity index (χ1) is 7.07.